The lowest BCUT2D eigenvalue weighted by molar-refractivity contribution is -0.120. The Morgan fingerprint density at radius 1 is 1.41 bits per heavy atom. The maximum absolute atomic E-state index is 11.5. The number of ether oxygens (including phenoxy) is 1. The molecular formula is C12H17BrN2O2. The van der Waals surface area contributed by atoms with Gasteiger partial charge in [0.25, 0.3) is 0 Å². The molecule has 0 fully saturated rings. The molecule has 3 N–H and O–H groups in total. The van der Waals surface area contributed by atoms with Crippen LogP contribution in [0, 0.1) is 13.8 Å². The van der Waals surface area contributed by atoms with E-state index in [1.807, 2.05) is 26.0 Å². The van der Waals surface area contributed by atoms with E-state index in [4.69, 9.17) is 10.5 Å². The van der Waals surface area contributed by atoms with E-state index in [1.54, 1.807) is 0 Å². The SMILES string of the molecule is Cc1cc(NC(=O)COCCN)cc(C)c1Br. The fraction of sp³-hybridized carbons (Fsp3) is 0.417. The molecule has 0 aliphatic carbocycles. The normalized spacial score (nSPS) is 10.4. The maximum Gasteiger partial charge on any atom is 0.250 e. The molecule has 0 saturated heterocycles. The van der Waals surface area contributed by atoms with Crippen LogP contribution in [0.5, 0.6) is 0 Å². The Balaban J connectivity index is 2.60. The van der Waals surface area contributed by atoms with Crippen LogP contribution in [0.15, 0.2) is 16.6 Å². The van der Waals surface area contributed by atoms with Crippen molar-refractivity contribution in [3.05, 3.63) is 27.7 Å². The number of nitrogens with two attached hydrogens (primary N) is 1. The topological polar surface area (TPSA) is 64.3 Å². The van der Waals surface area contributed by atoms with Crippen molar-refractivity contribution < 1.29 is 9.53 Å². The first-order valence-corrected chi connectivity index (χ1v) is 6.18. The van der Waals surface area contributed by atoms with E-state index in [0.717, 1.165) is 21.3 Å². The second-order valence-electron chi connectivity index (χ2n) is 3.81. The van der Waals surface area contributed by atoms with Gasteiger partial charge >= 0.3 is 0 Å². The maximum atomic E-state index is 11.5. The summed E-state index contributed by atoms with van der Waals surface area (Å²) in [5.41, 5.74) is 8.22. The van der Waals surface area contributed by atoms with Gasteiger partial charge in [0.15, 0.2) is 0 Å². The minimum absolute atomic E-state index is 0.0331. The highest BCUT2D eigenvalue weighted by Gasteiger charge is 2.06. The van der Waals surface area contributed by atoms with Crippen molar-refractivity contribution in [3.63, 3.8) is 0 Å². The Morgan fingerprint density at radius 2 is 2.00 bits per heavy atom. The van der Waals surface area contributed by atoms with Gasteiger partial charge in [0.05, 0.1) is 6.61 Å². The van der Waals surface area contributed by atoms with Gasteiger partial charge in [-0.05, 0) is 37.1 Å². The first-order chi connectivity index (χ1) is 8.04. The highest BCUT2D eigenvalue weighted by Crippen LogP contribution is 2.24. The molecule has 1 rings (SSSR count). The van der Waals surface area contributed by atoms with Crippen molar-refractivity contribution in [2.75, 3.05) is 25.1 Å². The van der Waals surface area contributed by atoms with E-state index in [2.05, 4.69) is 21.2 Å². The second-order valence-corrected chi connectivity index (χ2v) is 4.61. The van der Waals surface area contributed by atoms with Crippen LogP contribution in [0.2, 0.25) is 0 Å². The molecule has 0 atom stereocenters. The first kappa shape index (κ1) is 14.2. The molecule has 5 heteroatoms. The molecular weight excluding hydrogens is 284 g/mol. The van der Waals surface area contributed by atoms with E-state index in [1.165, 1.54) is 0 Å². The lowest BCUT2D eigenvalue weighted by atomic mass is 10.1. The first-order valence-electron chi connectivity index (χ1n) is 5.39. The molecule has 0 spiro atoms. The van der Waals surface area contributed by atoms with Crippen molar-refractivity contribution >= 4 is 27.5 Å². The number of carbonyl (C=O) groups excluding carboxylic acids is 1. The number of hydrogen-bond acceptors (Lipinski definition) is 3. The molecule has 0 bridgehead atoms. The van der Waals surface area contributed by atoms with Crippen molar-refractivity contribution in [2.45, 2.75) is 13.8 Å². The third-order valence-electron chi connectivity index (χ3n) is 2.22. The fourth-order valence-electron chi connectivity index (χ4n) is 1.46. The van der Waals surface area contributed by atoms with Gasteiger partial charge in [0.1, 0.15) is 6.61 Å². The highest BCUT2D eigenvalue weighted by atomic mass is 79.9. The van der Waals surface area contributed by atoms with Crippen LogP contribution in [0.1, 0.15) is 11.1 Å². The summed E-state index contributed by atoms with van der Waals surface area (Å²) in [7, 11) is 0. The average Bonchev–Trinajstić information content (AvgIpc) is 2.26. The van der Waals surface area contributed by atoms with Crippen LogP contribution in [-0.2, 0) is 9.53 Å². The number of hydrogen-bond donors (Lipinski definition) is 2. The minimum atomic E-state index is -0.167. The predicted octanol–water partition coefficient (Wildman–Crippen LogP) is 1.98. The zero-order valence-corrected chi connectivity index (χ0v) is 11.6. The summed E-state index contributed by atoms with van der Waals surface area (Å²) in [6, 6.07) is 3.83. The molecule has 0 saturated carbocycles. The number of halogens is 1. The van der Waals surface area contributed by atoms with Crippen LogP contribution in [-0.4, -0.2) is 25.7 Å². The third-order valence-corrected chi connectivity index (χ3v) is 3.47. The summed E-state index contributed by atoms with van der Waals surface area (Å²) in [4.78, 5) is 11.5. The molecule has 1 amide bonds. The van der Waals surface area contributed by atoms with Gasteiger partial charge in [-0.1, -0.05) is 15.9 Å². The van der Waals surface area contributed by atoms with Crippen LogP contribution >= 0.6 is 15.9 Å². The quantitative estimate of drug-likeness (QED) is 0.817. The highest BCUT2D eigenvalue weighted by molar-refractivity contribution is 9.10. The van der Waals surface area contributed by atoms with Crippen LogP contribution in [0.25, 0.3) is 0 Å². The van der Waals surface area contributed by atoms with E-state index < -0.39 is 0 Å². The summed E-state index contributed by atoms with van der Waals surface area (Å²) < 4.78 is 6.12. The average molecular weight is 301 g/mol. The number of amides is 1. The lowest BCUT2D eigenvalue weighted by Gasteiger charge is -2.09. The van der Waals surface area contributed by atoms with E-state index in [0.29, 0.717) is 13.2 Å². The van der Waals surface area contributed by atoms with E-state index >= 15 is 0 Å². The Bertz CT molecular complexity index is 384. The van der Waals surface area contributed by atoms with Crippen molar-refractivity contribution in [1.82, 2.24) is 0 Å². The van der Waals surface area contributed by atoms with Gasteiger partial charge in [-0.25, -0.2) is 0 Å². The molecule has 4 nitrogen and oxygen atoms in total. The Hall–Kier alpha value is -0.910. The summed E-state index contributed by atoms with van der Waals surface area (Å²) in [5, 5.41) is 2.78. The van der Waals surface area contributed by atoms with Crippen molar-refractivity contribution in [1.29, 1.82) is 0 Å². The molecule has 0 aliphatic rings. The molecule has 1 aromatic rings. The molecule has 1 aromatic carbocycles. The smallest absolute Gasteiger partial charge is 0.250 e. The second kappa shape index (κ2) is 6.74. The number of carbonyl (C=O) groups is 1. The summed E-state index contributed by atoms with van der Waals surface area (Å²) in [6.45, 7) is 4.82. The van der Waals surface area contributed by atoms with Gasteiger partial charge in [0.2, 0.25) is 5.91 Å². The standard InChI is InChI=1S/C12H17BrN2O2/c1-8-5-10(6-9(2)12(8)13)15-11(16)7-17-4-3-14/h5-6H,3-4,7,14H2,1-2H3,(H,15,16). The van der Waals surface area contributed by atoms with Crippen LogP contribution in [0.3, 0.4) is 0 Å². The monoisotopic (exact) mass is 300 g/mol. The Morgan fingerprint density at radius 3 is 2.53 bits per heavy atom. The lowest BCUT2D eigenvalue weighted by Crippen LogP contribution is -2.20. The number of benzene rings is 1. The molecule has 17 heavy (non-hydrogen) atoms. The van der Waals surface area contributed by atoms with E-state index in [-0.39, 0.29) is 12.5 Å². The van der Waals surface area contributed by atoms with Crippen molar-refractivity contribution in [2.24, 2.45) is 5.73 Å². The largest absolute Gasteiger partial charge is 0.370 e. The van der Waals surface area contributed by atoms with Gasteiger partial charge < -0.3 is 15.8 Å². The third kappa shape index (κ3) is 4.46. The molecule has 0 aromatic heterocycles. The molecule has 94 valence electrons. The number of anilines is 1. The minimum Gasteiger partial charge on any atom is -0.370 e. The van der Waals surface area contributed by atoms with Crippen LogP contribution in [0.4, 0.5) is 5.69 Å². The Kier molecular flexibility index (Phi) is 5.61. The molecule has 0 radical (unpaired) electrons. The summed E-state index contributed by atoms with van der Waals surface area (Å²) >= 11 is 3.48. The van der Waals surface area contributed by atoms with Crippen LogP contribution < -0.4 is 11.1 Å². The number of rotatable bonds is 5. The summed E-state index contributed by atoms with van der Waals surface area (Å²) in [5.74, 6) is -0.167. The van der Waals surface area contributed by atoms with Gasteiger partial charge in [-0.3, -0.25) is 4.79 Å². The predicted molar refractivity (Wildman–Crippen MR) is 72.1 cm³/mol. The molecule has 0 unspecified atom stereocenters. The van der Waals surface area contributed by atoms with Gasteiger partial charge in [0, 0.05) is 16.7 Å². The Labute approximate surface area is 110 Å². The summed E-state index contributed by atoms with van der Waals surface area (Å²) in [6.07, 6.45) is 0. The van der Waals surface area contributed by atoms with Gasteiger partial charge in [-0.15, -0.1) is 0 Å². The number of aryl methyl sites for hydroxylation is 2. The zero-order valence-electron chi connectivity index (χ0n) is 10.0. The van der Waals surface area contributed by atoms with E-state index in [9.17, 15) is 4.79 Å². The molecule has 0 aliphatic heterocycles. The zero-order chi connectivity index (χ0) is 12.8. The molecule has 0 heterocycles. The number of nitrogens with one attached hydrogen (secondary N) is 1. The fourth-order valence-corrected chi connectivity index (χ4v) is 1.69. The van der Waals surface area contributed by atoms with Crippen molar-refractivity contribution in [3.8, 4) is 0 Å². The van der Waals surface area contributed by atoms with Gasteiger partial charge in [-0.2, -0.15) is 0 Å².